The number of aromatic nitrogens is 2. The Bertz CT molecular complexity index is 326. The van der Waals surface area contributed by atoms with Gasteiger partial charge in [0.05, 0.1) is 12.2 Å². The first-order chi connectivity index (χ1) is 7.83. The molecule has 0 unspecified atom stereocenters. The van der Waals surface area contributed by atoms with E-state index in [0.717, 1.165) is 31.8 Å². The number of aryl methyl sites for hydroxylation is 2. The van der Waals surface area contributed by atoms with E-state index < -0.39 is 0 Å². The Morgan fingerprint density at radius 2 is 2.19 bits per heavy atom. The fourth-order valence-electron chi connectivity index (χ4n) is 1.98. The zero-order chi connectivity index (χ0) is 11.4. The minimum atomic E-state index is 0.967. The van der Waals surface area contributed by atoms with Crippen LogP contribution in [0.5, 0.6) is 0 Å². The summed E-state index contributed by atoms with van der Waals surface area (Å²) in [7, 11) is 0. The lowest BCUT2D eigenvalue weighted by molar-refractivity contribution is 0.525. The lowest BCUT2D eigenvalue weighted by Gasteiger charge is -2.06. The minimum absolute atomic E-state index is 0.967. The van der Waals surface area contributed by atoms with Crippen LogP contribution < -0.4 is 5.32 Å². The van der Waals surface area contributed by atoms with Crippen molar-refractivity contribution in [3.63, 3.8) is 0 Å². The largest absolute Gasteiger partial charge is 0.315 e. The molecule has 1 aliphatic carbocycles. The Morgan fingerprint density at radius 3 is 2.81 bits per heavy atom. The van der Waals surface area contributed by atoms with Crippen LogP contribution in [0.3, 0.4) is 0 Å². The van der Waals surface area contributed by atoms with E-state index in [1.165, 1.54) is 30.8 Å². The van der Waals surface area contributed by atoms with Gasteiger partial charge in [0.1, 0.15) is 0 Å². The van der Waals surface area contributed by atoms with Crippen LogP contribution in [0.15, 0.2) is 6.07 Å². The highest BCUT2D eigenvalue weighted by Crippen LogP contribution is 2.27. The first-order valence-electron chi connectivity index (χ1n) is 6.59. The van der Waals surface area contributed by atoms with Crippen LogP contribution in [0.25, 0.3) is 0 Å². The van der Waals surface area contributed by atoms with E-state index in [-0.39, 0.29) is 0 Å². The maximum atomic E-state index is 4.61. The quantitative estimate of drug-likeness (QED) is 0.714. The summed E-state index contributed by atoms with van der Waals surface area (Å²) in [6.45, 7) is 7.62. The van der Waals surface area contributed by atoms with Crippen LogP contribution in [0.1, 0.15) is 38.1 Å². The highest BCUT2D eigenvalue weighted by atomic mass is 15.3. The van der Waals surface area contributed by atoms with Crippen LogP contribution in [0.4, 0.5) is 0 Å². The Morgan fingerprint density at radius 1 is 1.38 bits per heavy atom. The summed E-state index contributed by atoms with van der Waals surface area (Å²) >= 11 is 0. The molecule has 1 aliphatic rings. The molecule has 1 aromatic rings. The Kier molecular flexibility index (Phi) is 3.99. The lowest BCUT2D eigenvalue weighted by atomic mass is 10.2. The van der Waals surface area contributed by atoms with Crippen LogP contribution in [0, 0.1) is 5.92 Å². The molecule has 3 heteroatoms. The topological polar surface area (TPSA) is 29.9 Å². The first kappa shape index (κ1) is 11.6. The van der Waals surface area contributed by atoms with E-state index in [2.05, 4.69) is 35.0 Å². The number of rotatable bonds is 7. The minimum Gasteiger partial charge on any atom is -0.315 e. The van der Waals surface area contributed by atoms with Gasteiger partial charge in [-0.1, -0.05) is 13.8 Å². The van der Waals surface area contributed by atoms with Crippen molar-refractivity contribution in [2.45, 2.75) is 46.1 Å². The van der Waals surface area contributed by atoms with Crippen LogP contribution >= 0.6 is 0 Å². The van der Waals surface area contributed by atoms with E-state index in [4.69, 9.17) is 0 Å². The highest BCUT2D eigenvalue weighted by molar-refractivity contribution is 5.10. The van der Waals surface area contributed by atoms with Crippen molar-refractivity contribution in [1.29, 1.82) is 0 Å². The van der Waals surface area contributed by atoms with Gasteiger partial charge in [0.2, 0.25) is 0 Å². The van der Waals surface area contributed by atoms with Gasteiger partial charge < -0.3 is 5.32 Å². The molecule has 0 aliphatic heterocycles. The van der Waals surface area contributed by atoms with Gasteiger partial charge in [-0.3, -0.25) is 4.68 Å². The van der Waals surface area contributed by atoms with E-state index in [9.17, 15) is 0 Å². The average molecular weight is 221 g/mol. The SMILES string of the molecule is CCc1cc(CC)n(CCNCC2CC2)n1. The van der Waals surface area contributed by atoms with Crippen molar-refractivity contribution < 1.29 is 0 Å². The summed E-state index contributed by atoms with van der Waals surface area (Å²) in [6.07, 6.45) is 4.97. The van der Waals surface area contributed by atoms with E-state index in [0.29, 0.717) is 0 Å². The molecule has 0 bridgehead atoms. The van der Waals surface area contributed by atoms with Crippen LogP contribution in [0.2, 0.25) is 0 Å². The monoisotopic (exact) mass is 221 g/mol. The van der Waals surface area contributed by atoms with E-state index >= 15 is 0 Å². The number of hydrogen-bond donors (Lipinski definition) is 1. The zero-order valence-corrected chi connectivity index (χ0v) is 10.5. The van der Waals surface area contributed by atoms with Crippen molar-refractivity contribution in [3.05, 3.63) is 17.5 Å². The molecule has 90 valence electrons. The molecule has 0 radical (unpaired) electrons. The Hall–Kier alpha value is -0.830. The summed E-state index contributed by atoms with van der Waals surface area (Å²) in [4.78, 5) is 0. The molecule has 16 heavy (non-hydrogen) atoms. The van der Waals surface area contributed by atoms with E-state index in [1.54, 1.807) is 0 Å². The standard InChI is InChI=1S/C13H23N3/c1-3-12-9-13(4-2)16(15-12)8-7-14-10-11-5-6-11/h9,11,14H,3-8,10H2,1-2H3. The second-order valence-electron chi connectivity index (χ2n) is 4.70. The van der Waals surface area contributed by atoms with Crippen molar-refractivity contribution in [1.82, 2.24) is 15.1 Å². The first-order valence-corrected chi connectivity index (χ1v) is 6.59. The molecule has 2 rings (SSSR count). The maximum absolute atomic E-state index is 4.61. The summed E-state index contributed by atoms with van der Waals surface area (Å²) in [6, 6.07) is 2.24. The van der Waals surface area contributed by atoms with Crippen molar-refractivity contribution in [2.75, 3.05) is 13.1 Å². The predicted molar refractivity (Wildman–Crippen MR) is 66.6 cm³/mol. The predicted octanol–water partition coefficient (Wildman–Crippen LogP) is 2.01. The third-order valence-corrected chi connectivity index (χ3v) is 3.27. The van der Waals surface area contributed by atoms with Gasteiger partial charge in [-0.25, -0.2) is 0 Å². The summed E-state index contributed by atoms with van der Waals surface area (Å²) in [5.41, 5.74) is 2.59. The normalized spacial score (nSPS) is 15.6. The molecule has 0 spiro atoms. The average Bonchev–Trinajstić information content (AvgIpc) is 3.04. The molecule has 0 amide bonds. The highest BCUT2D eigenvalue weighted by Gasteiger charge is 2.20. The summed E-state index contributed by atoms with van der Waals surface area (Å²) < 4.78 is 2.17. The van der Waals surface area contributed by atoms with Crippen LogP contribution in [-0.2, 0) is 19.4 Å². The third-order valence-electron chi connectivity index (χ3n) is 3.27. The molecule has 0 saturated heterocycles. The van der Waals surface area contributed by atoms with Gasteiger partial charge in [0.15, 0.2) is 0 Å². The molecule has 1 heterocycles. The van der Waals surface area contributed by atoms with Gasteiger partial charge in [-0.2, -0.15) is 5.10 Å². The third kappa shape index (κ3) is 3.08. The molecule has 1 N–H and O–H groups in total. The van der Waals surface area contributed by atoms with Crippen molar-refractivity contribution in [3.8, 4) is 0 Å². The molecule has 0 atom stereocenters. The Labute approximate surface area is 98.2 Å². The van der Waals surface area contributed by atoms with Crippen molar-refractivity contribution in [2.24, 2.45) is 5.92 Å². The van der Waals surface area contributed by atoms with Gasteiger partial charge in [0, 0.05) is 12.2 Å². The van der Waals surface area contributed by atoms with Gasteiger partial charge in [0.25, 0.3) is 0 Å². The molecule has 1 fully saturated rings. The number of nitrogens with one attached hydrogen (secondary N) is 1. The molecular weight excluding hydrogens is 198 g/mol. The second kappa shape index (κ2) is 5.48. The van der Waals surface area contributed by atoms with Gasteiger partial charge in [-0.05, 0) is 44.2 Å². The van der Waals surface area contributed by atoms with Gasteiger partial charge in [-0.15, -0.1) is 0 Å². The summed E-state index contributed by atoms with van der Waals surface area (Å²) in [5, 5.41) is 8.12. The molecule has 3 nitrogen and oxygen atoms in total. The van der Waals surface area contributed by atoms with Crippen molar-refractivity contribution >= 4 is 0 Å². The molecule has 0 aromatic carbocycles. The fraction of sp³-hybridized carbons (Fsp3) is 0.769. The Balaban J connectivity index is 1.79. The number of hydrogen-bond acceptors (Lipinski definition) is 2. The molecule has 1 saturated carbocycles. The smallest absolute Gasteiger partial charge is 0.0624 e. The second-order valence-corrected chi connectivity index (χ2v) is 4.70. The number of nitrogens with zero attached hydrogens (tertiary/aromatic N) is 2. The molecule has 1 aromatic heterocycles. The fourth-order valence-corrected chi connectivity index (χ4v) is 1.98. The lowest BCUT2D eigenvalue weighted by Crippen LogP contribution is -2.23. The van der Waals surface area contributed by atoms with Gasteiger partial charge >= 0.3 is 0 Å². The molecular formula is C13H23N3. The maximum Gasteiger partial charge on any atom is 0.0624 e. The van der Waals surface area contributed by atoms with Crippen LogP contribution in [-0.4, -0.2) is 22.9 Å². The summed E-state index contributed by atoms with van der Waals surface area (Å²) in [5.74, 6) is 0.967. The van der Waals surface area contributed by atoms with E-state index in [1.807, 2.05) is 0 Å². The zero-order valence-electron chi connectivity index (χ0n) is 10.5.